The number of nitrogens with zero attached hydrogens (tertiary/aromatic N) is 1. The van der Waals surface area contributed by atoms with Crippen LogP contribution in [0.25, 0.3) is 28.6 Å². The lowest BCUT2D eigenvalue weighted by Gasteiger charge is -2.07. The Morgan fingerprint density at radius 1 is 1.10 bits per heavy atom. The molecule has 0 spiro atoms. The van der Waals surface area contributed by atoms with E-state index in [9.17, 15) is 4.79 Å². The Hall–Kier alpha value is -2.56. The van der Waals surface area contributed by atoms with Gasteiger partial charge in [-0.2, -0.15) is 0 Å². The summed E-state index contributed by atoms with van der Waals surface area (Å²) in [4.78, 5) is 16.7. The number of carbonyl (C=O) groups is 1. The van der Waals surface area contributed by atoms with Crippen LogP contribution >= 0.6 is 50.7 Å². The number of benzene rings is 3. The maximum Gasteiger partial charge on any atom is 0.250 e. The Bertz CT molecular complexity index is 1300. The summed E-state index contributed by atoms with van der Waals surface area (Å²) < 4.78 is 7.90. The summed E-state index contributed by atoms with van der Waals surface area (Å²) >= 11 is 11.0. The summed E-state index contributed by atoms with van der Waals surface area (Å²) in [6, 6.07) is 21.0. The fraction of sp³-hybridized carbons (Fsp3) is 0. The van der Waals surface area contributed by atoms with E-state index in [1.807, 2.05) is 66.7 Å². The molecular weight excluding hydrogens is 589 g/mol. The van der Waals surface area contributed by atoms with Gasteiger partial charge in [0.2, 0.25) is 11.8 Å². The average molecular weight is 604 g/mol. The fourth-order valence-corrected chi connectivity index (χ4v) is 3.96. The number of oxazole rings is 1. The smallest absolute Gasteiger partial charge is 0.250 e. The van der Waals surface area contributed by atoms with Crippen molar-refractivity contribution in [2.75, 3.05) is 5.32 Å². The summed E-state index contributed by atoms with van der Waals surface area (Å²) in [6.07, 6.45) is 3.17. The minimum Gasteiger partial charge on any atom is -0.436 e. The minimum atomic E-state index is -0.310. The van der Waals surface area contributed by atoms with E-state index in [1.54, 1.807) is 6.08 Å². The third-order valence-electron chi connectivity index (χ3n) is 4.27. The van der Waals surface area contributed by atoms with Crippen molar-refractivity contribution in [3.63, 3.8) is 0 Å². The summed E-state index contributed by atoms with van der Waals surface area (Å²) in [5, 5.41) is 5.84. The second-order valence-corrected chi connectivity index (χ2v) is 9.02. The van der Waals surface area contributed by atoms with Crippen LogP contribution in [0.5, 0.6) is 0 Å². The number of rotatable bonds is 4. The molecule has 0 saturated heterocycles. The summed E-state index contributed by atoms with van der Waals surface area (Å²) in [5.74, 6) is 0.217. The lowest BCUT2D eigenvalue weighted by atomic mass is 10.2. The Balaban J connectivity index is 1.45. The van der Waals surface area contributed by atoms with Gasteiger partial charge in [-0.15, -0.1) is 0 Å². The van der Waals surface area contributed by atoms with Gasteiger partial charge in [-0.05, 0) is 98.8 Å². The van der Waals surface area contributed by atoms with Gasteiger partial charge in [0.05, 0.1) is 5.56 Å². The van der Waals surface area contributed by atoms with Crippen LogP contribution < -0.4 is 10.6 Å². The van der Waals surface area contributed by atoms with Crippen molar-refractivity contribution in [2.24, 2.45) is 0 Å². The third kappa shape index (κ3) is 5.57. The monoisotopic (exact) mass is 603 g/mol. The first-order valence-corrected chi connectivity index (χ1v) is 11.5. The van der Waals surface area contributed by atoms with E-state index >= 15 is 0 Å². The maximum absolute atomic E-state index is 12.1. The van der Waals surface area contributed by atoms with Gasteiger partial charge in [0, 0.05) is 19.8 Å². The Morgan fingerprint density at radius 3 is 2.71 bits per heavy atom. The molecule has 0 bridgehead atoms. The molecule has 31 heavy (non-hydrogen) atoms. The lowest BCUT2D eigenvalue weighted by Crippen LogP contribution is -2.32. The largest absolute Gasteiger partial charge is 0.436 e. The molecule has 1 heterocycles. The standard InChI is InChI=1S/C23H15BrIN3O2S/c24-18-9-7-15(25)12-17(18)22-27-19-13-16(8-10-20(19)30-22)26-23(31)28-21(29)11-6-14-4-2-1-3-5-14/h1-13H,(H2,26,28,29,31)/b11-6+. The van der Waals surface area contributed by atoms with Gasteiger partial charge in [0.15, 0.2) is 10.7 Å². The van der Waals surface area contributed by atoms with Crippen LogP contribution in [0.3, 0.4) is 0 Å². The zero-order valence-corrected chi connectivity index (χ0v) is 20.5. The molecule has 0 unspecified atom stereocenters. The van der Waals surface area contributed by atoms with Crippen LogP contribution in [0, 0.1) is 3.57 Å². The van der Waals surface area contributed by atoms with Gasteiger partial charge in [-0.1, -0.05) is 30.3 Å². The zero-order chi connectivity index (χ0) is 21.8. The number of carbonyl (C=O) groups excluding carboxylic acids is 1. The molecule has 3 aromatic carbocycles. The molecule has 0 fully saturated rings. The number of hydrogen-bond donors (Lipinski definition) is 2. The topological polar surface area (TPSA) is 67.2 Å². The van der Waals surface area contributed by atoms with Crippen LogP contribution in [0.2, 0.25) is 0 Å². The average Bonchev–Trinajstić information content (AvgIpc) is 3.18. The van der Waals surface area contributed by atoms with Crippen molar-refractivity contribution in [1.29, 1.82) is 0 Å². The zero-order valence-electron chi connectivity index (χ0n) is 15.9. The molecule has 1 amide bonds. The quantitative estimate of drug-likeness (QED) is 0.161. The molecule has 0 aliphatic heterocycles. The van der Waals surface area contributed by atoms with Crippen LogP contribution in [0.15, 0.2) is 81.7 Å². The Morgan fingerprint density at radius 2 is 1.90 bits per heavy atom. The van der Waals surface area contributed by atoms with E-state index in [4.69, 9.17) is 16.6 Å². The number of nitrogens with one attached hydrogen (secondary N) is 2. The van der Waals surface area contributed by atoms with Gasteiger partial charge >= 0.3 is 0 Å². The number of amides is 1. The number of halogens is 2. The van der Waals surface area contributed by atoms with Gasteiger partial charge in [-0.25, -0.2) is 4.98 Å². The van der Waals surface area contributed by atoms with E-state index in [1.165, 1.54) is 6.08 Å². The highest BCUT2D eigenvalue weighted by Crippen LogP contribution is 2.32. The number of hydrogen-bond acceptors (Lipinski definition) is 4. The van der Waals surface area contributed by atoms with Gasteiger partial charge in [-0.3, -0.25) is 10.1 Å². The summed E-state index contributed by atoms with van der Waals surface area (Å²) in [6.45, 7) is 0. The molecular formula is C23H15BrIN3O2S. The molecule has 0 aliphatic carbocycles. The minimum absolute atomic E-state index is 0.200. The Kier molecular flexibility index (Phi) is 6.79. The Labute approximate surface area is 206 Å². The van der Waals surface area contributed by atoms with Crippen molar-refractivity contribution < 1.29 is 9.21 Å². The molecule has 4 rings (SSSR count). The number of aromatic nitrogens is 1. The molecule has 4 aromatic rings. The molecule has 0 atom stereocenters. The van der Waals surface area contributed by atoms with E-state index in [2.05, 4.69) is 54.1 Å². The first-order chi connectivity index (χ1) is 15.0. The van der Waals surface area contributed by atoms with Crippen molar-refractivity contribution in [2.45, 2.75) is 0 Å². The van der Waals surface area contributed by atoms with Crippen LogP contribution in [-0.2, 0) is 4.79 Å². The maximum atomic E-state index is 12.1. The predicted molar refractivity (Wildman–Crippen MR) is 140 cm³/mol. The first kappa shape index (κ1) is 21.7. The molecule has 0 aliphatic rings. The highest BCUT2D eigenvalue weighted by molar-refractivity contribution is 14.1. The highest BCUT2D eigenvalue weighted by atomic mass is 127. The highest BCUT2D eigenvalue weighted by Gasteiger charge is 2.13. The molecule has 154 valence electrons. The SMILES string of the molecule is O=C(/C=C/c1ccccc1)NC(=S)Nc1ccc2oc(-c3cc(I)ccc3Br)nc2c1. The fourth-order valence-electron chi connectivity index (χ4n) is 2.83. The van der Waals surface area contributed by atoms with Gasteiger partial charge in [0.1, 0.15) is 5.52 Å². The van der Waals surface area contributed by atoms with Crippen LogP contribution in [0.1, 0.15) is 5.56 Å². The van der Waals surface area contributed by atoms with Crippen molar-refractivity contribution >= 4 is 84.6 Å². The lowest BCUT2D eigenvalue weighted by molar-refractivity contribution is -0.115. The van der Waals surface area contributed by atoms with Crippen molar-refractivity contribution in [1.82, 2.24) is 10.3 Å². The number of fused-ring (bicyclic) bond motifs is 1. The van der Waals surface area contributed by atoms with E-state index in [0.717, 1.165) is 19.2 Å². The van der Waals surface area contributed by atoms with E-state index in [-0.39, 0.29) is 11.0 Å². The van der Waals surface area contributed by atoms with E-state index in [0.29, 0.717) is 22.7 Å². The molecule has 2 N–H and O–H groups in total. The molecule has 0 radical (unpaired) electrons. The second kappa shape index (κ2) is 9.71. The molecule has 8 heteroatoms. The predicted octanol–water partition coefficient (Wildman–Crippen LogP) is 6.39. The number of thiocarbonyl (C=S) groups is 1. The van der Waals surface area contributed by atoms with Crippen molar-refractivity contribution in [3.05, 3.63) is 86.4 Å². The number of anilines is 1. The van der Waals surface area contributed by atoms with Crippen LogP contribution in [-0.4, -0.2) is 16.0 Å². The van der Waals surface area contributed by atoms with E-state index < -0.39 is 0 Å². The molecule has 0 saturated carbocycles. The first-order valence-electron chi connectivity index (χ1n) is 9.19. The van der Waals surface area contributed by atoms with Crippen LogP contribution in [0.4, 0.5) is 5.69 Å². The normalized spacial score (nSPS) is 11.0. The summed E-state index contributed by atoms with van der Waals surface area (Å²) in [5.41, 5.74) is 3.86. The van der Waals surface area contributed by atoms with Crippen molar-refractivity contribution in [3.8, 4) is 11.5 Å². The summed E-state index contributed by atoms with van der Waals surface area (Å²) in [7, 11) is 0. The molecule has 1 aromatic heterocycles. The third-order valence-corrected chi connectivity index (χ3v) is 5.83. The van der Waals surface area contributed by atoms with Gasteiger partial charge < -0.3 is 9.73 Å². The molecule has 5 nitrogen and oxygen atoms in total. The van der Waals surface area contributed by atoms with Gasteiger partial charge in [0.25, 0.3) is 0 Å². The second-order valence-electron chi connectivity index (χ2n) is 6.51.